The minimum Gasteiger partial charge on any atom is -0.497 e. The Hall–Kier alpha value is -3.33. The SMILES string of the molecule is COc1cccc(OCc2nn3c(-c4ccc(OC)c(OC)c4)nnc3s2)c1. The summed E-state index contributed by atoms with van der Waals surface area (Å²) in [4.78, 5) is 0.689. The van der Waals surface area contributed by atoms with Gasteiger partial charge in [-0.1, -0.05) is 17.4 Å². The molecule has 8 nitrogen and oxygen atoms in total. The Morgan fingerprint density at radius 2 is 1.71 bits per heavy atom. The number of fused-ring (bicyclic) bond motifs is 1. The van der Waals surface area contributed by atoms with Crippen LogP contribution < -0.4 is 18.9 Å². The van der Waals surface area contributed by atoms with E-state index in [0.717, 1.165) is 16.3 Å². The number of benzene rings is 2. The molecule has 4 rings (SSSR count). The molecule has 2 heterocycles. The van der Waals surface area contributed by atoms with Crippen LogP contribution in [0.15, 0.2) is 42.5 Å². The number of hydrogen-bond donors (Lipinski definition) is 0. The molecule has 2 aromatic heterocycles. The smallest absolute Gasteiger partial charge is 0.235 e. The van der Waals surface area contributed by atoms with Gasteiger partial charge in [-0.15, -0.1) is 10.2 Å². The lowest BCUT2D eigenvalue weighted by atomic mass is 10.2. The Balaban J connectivity index is 1.58. The molecule has 0 saturated heterocycles. The Morgan fingerprint density at radius 3 is 2.50 bits per heavy atom. The van der Waals surface area contributed by atoms with Crippen LogP contribution >= 0.6 is 11.3 Å². The van der Waals surface area contributed by atoms with Crippen LogP contribution in [0.2, 0.25) is 0 Å². The molecule has 0 saturated carbocycles. The standard InChI is InChI=1S/C19H18N4O4S/c1-24-13-5-4-6-14(10-13)27-11-17-22-23-18(20-21-19(23)28-17)12-7-8-15(25-2)16(9-12)26-3/h4-10H,11H2,1-3H3. The fourth-order valence-electron chi connectivity index (χ4n) is 2.71. The van der Waals surface area contributed by atoms with Gasteiger partial charge < -0.3 is 18.9 Å². The Bertz CT molecular complexity index is 1110. The number of rotatable bonds is 7. The average molecular weight is 398 g/mol. The predicted molar refractivity (Wildman–Crippen MR) is 105 cm³/mol. The van der Waals surface area contributed by atoms with Crippen LogP contribution in [0.5, 0.6) is 23.0 Å². The van der Waals surface area contributed by atoms with E-state index < -0.39 is 0 Å². The Kier molecular flexibility index (Phi) is 4.98. The van der Waals surface area contributed by atoms with E-state index in [1.54, 1.807) is 25.8 Å². The fraction of sp³-hybridized carbons (Fsp3) is 0.211. The molecule has 0 spiro atoms. The largest absolute Gasteiger partial charge is 0.497 e. The molecule has 2 aromatic carbocycles. The highest BCUT2D eigenvalue weighted by Gasteiger charge is 2.16. The van der Waals surface area contributed by atoms with Crippen molar-refractivity contribution >= 4 is 16.3 Å². The van der Waals surface area contributed by atoms with Gasteiger partial charge in [-0.25, -0.2) is 0 Å². The van der Waals surface area contributed by atoms with Gasteiger partial charge in [0.1, 0.15) is 18.1 Å². The topological polar surface area (TPSA) is 80.0 Å². The normalized spacial score (nSPS) is 10.8. The summed E-state index contributed by atoms with van der Waals surface area (Å²) < 4.78 is 23.4. The third-order valence-corrected chi connectivity index (χ3v) is 4.95. The van der Waals surface area contributed by atoms with Crippen LogP contribution in [0.4, 0.5) is 0 Å². The molecule has 0 unspecified atom stereocenters. The lowest BCUT2D eigenvalue weighted by Crippen LogP contribution is -1.98. The molecule has 9 heteroatoms. The van der Waals surface area contributed by atoms with Gasteiger partial charge >= 0.3 is 0 Å². The minimum atomic E-state index is 0.326. The van der Waals surface area contributed by atoms with Crippen molar-refractivity contribution in [1.82, 2.24) is 19.8 Å². The van der Waals surface area contributed by atoms with Crippen molar-refractivity contribution in [2.24, 2.45) is 0 Å². The first-order chi connectivity index (χ1) is 13.7. The van der Waals surface area contributed by atoms with Gasteiger partial charge in [0.05, 0.1) is 21.3 Å². The molecule has 0 fully saturated rings. The van der Waals surface area contributed by atoms with E-state index >= 15 is 0 Å². The van der Waals surface area contributed by atoms with Gasteiger partial charge in [0.25, 0.3) is 0 Å². The summed E-state index contributed by atoms with van der Waals surface area (Å²) in [6, 6.07) is 13.0. The molecule has 0 amide bonds. The number of hydrogen-bond acceptors (Lipinski definition) is 8. The first-order valence-electron chi connectivity index (χ1n) is 8.42. The van der Waals surface area contributed by atoms with Crippen LogP contribution in [0.25, 0.3) is 16.3 Å². The summed E-state index contributed by atoms with van der Waals surface area (Å²) in [6.07, 6.45) is 0. The first-order valence-corrected chi connectivity index (χ1v) is 9.24. The maximum Gasteiger partial charge on any atom is 0.235 e. The van der Waals surface area contributed by atoms with E-state index in [1.807, 2.05) is 42.5 Å². The number of methoxy groups -OCH3 is 3. The molecule has 4 aromatic rings. The first kappa shape index (κ1) is 18.1. The molecular formula is C19H18N4O4S. The van der Waals surface area contributed by atoms with Crippen molar-refractivity contribution < 1.29 is 18.9 Å². The molecule has 28 heavy (non-hydrogen) atoms. The molecule has 0 atom stereocenters. The Morgan fingerprint density at radius 1 is 0.893 bits per heavy atom. The Labute approximate surface area is 165 Å². The summed E-state index contributed by atoms with van der Waals surface area (Å²) in [5.74, 6) is 3.35. The zero-order valence-electron chi connectivity index (χ0n) is 15.6. The second kappa shape index (κ2) is 7.73. The third-order valence-electron chi connectivity index (χ3n) is 4.08. The van der Waals surface area contributed by atoms with Gasteiger partial charge in [0.15, 0.2) is 22.3 Å². The van der Waals surface area contributed by atoms with E-state index in [1.165, 1.54) is 11.3 Å². The van der Waals surface area contributed by atoms with E-state index in [0.29, 0.717) is 34.6 Å². The van der Waals surface area contributed by atoms with Gasteiger partial charge in [0.2, 0.25) is 4.96 Å². The van der Waals surface area contributed by atoms with Crippen molar-refractivity contribution in [1.29, 1.82) is 0 Å². The second-order valence-electron chi connectivity index (χ2n) is 5.75. The zero-order valence-corrected chi connectivity index (χ0v) is 16.4. The summed E-state index contributed by atoms with van der Waals surface area (Å²) in [7, 11) is 4.82. The van der Waals surface area contributed by atoms with Crippen LogP contribution in [0.1, 0.15) is 5.01 Å². The summed E-state index contributed by atoms with van der Waals surface area (Å²) >= 11 is 1.43. The van der Waals surface area contributed by atoms with Crippen molar-refractivity contribution in [3.63, 3.8) is 0 Å². The maximum absolute atomic E-state index is 5.82. The molecule has 0 aliphatic rings. The van der Waals surface area contributed by atoms with Crippen LogP contribution in [-0.2, 0) is 6.61 Å². The zero-order chi connectivity index (χ0) is 19.5. The van der Waals surface area contributed by atoms with Gasteiger partial charge in [-0.2, -0.15) is 9.61 Å². The van der Waals surface area contributed by atoms with Gasteiger partial charge in [0, 0.05) is 11.6 Å². The van der Waals surface area contributed by atoms with Crippen LogP contribution in [-0.4, -0.2) is 41.1 Å². The second-order valence-corrected chi connectivity index (χ2v) is 6.79. The number of ether oxygens (including phenoxy) is 4. The van der Waals surface area contributed by atoms with Crippen molar-refractivity contribution in [2.75, 3.05) is 21.3 Å². The van der Waals surface area contributed by atoms with Crippen LogP contribution in [0, 0.1) is 0 Å². The minimum absolute atomic E-state index is 0.326. The molecule has 0 radical (unpaired) electrons. The summed E-state index contributed by atoms with van der Waals surface area (Å²) in [5.41, 5.74) is 0.829. The lowest BCUT2D eigenvalue weighted by molar-refractivity contribution is 0.301. The molecule has 0 bridgehead atoms. The van der Waals surface area contributed by atoms with E-state index in [9.17, 15) is 0 Å². The molecule has 0 aliphatic carbocycles. The lowest BCUT2D eigenvalue weighted by Gasteiger charge is -2.08. The highest BCUT2D eigenvalue weighted by atomic mass is 32.1. The van der Waals surface area contributed by atoms with Crippen LogP contribution in [0.3, 0.4) is 0 Å². The van der Waals surface area contributed by atoms with Gasteiger partial charge in [-0.3, -0.25) is 0 Å². The summed E-state index contributed by atoms with van der Waals surface area (Å²) in [5, 5.41) is 13.8. The fourth-order valence-corrected chi connectivity index (χ4v) is 3.45. The van der Waals surface area contributed by atoms with E-state index in [-0.39, 0.29) is 0 Å². The molecule has 0 aliphatic heterocycles. The van der Waals surface area contributed by atoms with Crippen molar-refractivity contribution in [3.8, 4) is 34.4 Å². The predicted octanol–water partition coefficient (Wildman–Crippen LogP) is 3.46. The highest BCUT2D eigenvalue weighted by Crippen LogP contribution is 2.32. The third kappa shape index (κ3) is 3.44. The molecule has 0 N–H and O–H groups in total. The number of aromatic nitrogens is 4. The average Bonchev–Trinajstić information content (AvgIpc) is 3.32. The monoisotopic (exact) mass is 398 g/mol. The molecule has 144 valence electrons. The quantitative estimate of drug-likeness (QED) is 0.472. The highest BCUT2D eigenvalue weighted by molar-refractivity contribution is 7.16. The van der Waals surface area contributed by atoms with E-state index in [4.69, 9.17) is 18.9 Å². The molecular weight excluding hydrogens is 380 g/mol. The number of nitrogens with zero attached hydrogens (tertiary/aromatic N) is 4. The maximum atomic E-state index is 5.82. The van der Waals surface area contributed by atoms with Gasteiger partial charge in [-0.05, 0) is 30.3 Å². The van der Waals surface area contributed by atoms with Crippen molar-refractivity contribution in [3.05, 3.63) is 47.5 Å². The van der Waals surface area contributed by atoms with Crippen molar-refractivity contribution in [2.45, 2.75) is 6.61 Å². The van der Waals surface area contributed by atoms with E-state index in [2.05, 4.69) is 15.3 Å². The summed E-state index contributed by atoms with van der Waals surface area (Å²) in [6.45, 7) is 0.326.